The molecule has 0 spiro atoms. The molecule has 290 valence electrons. The number of nitrogens with zero attached hydrogens (tertiary/aromatic N) is 1. The topological polar surface area (TPSA) is 16.4 Å². The SMILES string of the molecule is c1ccc(-c2ccc(N(c3ccc(-c4ccccc4)cc3)c3ccc(-c4c(-c5ccc6ccccc6c5)ccc5c4oc4c6ccccc6c6ccccc6c54)cc3)cc2)cc1. The van der Waals surface area contributed by atoms with Crippen LogP contribution < -0.4 is 4.90 Å². The molecule has 0 N–H and O–H groups in total. The summed E-state index contributed by atoms with van der Waals surface area (Å²) >= 11 is 0. The number of hydrogen-bond donors (Lipinski definition) is 0. The lowest BCUT2D eigenvalue weighted by atomic mass is 9.90. The summed E-state index contributed by atoms with van der Waals surface area (Å²) in [6, 6.07) is 85.2. The molecule has 12 rings (SSSR count). The van der Waals surface area contributed by atoms with Crippen LogP contribution >= 0.6 is 0 Å². The predicted octanol–water partition coefficient (Wildman–Crippen LogP) is 17.2. The van der Waals surface area contributed by atoms with Gasteiger partial charge in [0.2, 0.25) is 0 Å². The molecule has 0 fully saturated rings. The number of fused-ring (bicyclic) bond motifs is 9. The Labute approximate surface area is 360 Å². The average Bonchev–Trinajstić information content (AvgIpc) is 3.75. The van der Waals surface area contributed by atoms with Gasteiger partial charge in [0, 0.05) is 38.8 Å². The van der Waals surface area contributed by atoms with Crippen LogP contribution in [0.3, 0.4) is 0 Å². The molecule has 0 aliphatic heterocycles. The first kappa shape index (κ1) is 35.7. The maximum absolute atomic E-state index is 7.21. The highest BCUT2D eigenvalue weighted by Gasteiger charge is 2.22. The van der Waals surface area contributed by atoms with Crippen LogP contribution in [-0.4, -0.2) is 0 Å². The minimum atomic E-state index is 0.893. The molecule has 12 aromatic rings. The van der Waals surface area contributed by atoms with Crippen LogP contribution in [0.2, 0.25) is 0 Å². The second-order valence-corrected chi connectivity index (χ2v) is 16.0. The molecule has 1 heterocycles. The van der Waals surface area contributed by atoms with E-state index in [0.717, 1.165) is 66.6 Å². The van der Waals surface area contributed by atoms with Gasteiger partial charge in [0.05, 0.1) is 0 Å². The fraction of sp³-hybridized carbons (Fsp3) is 0. The Morgan fingerprint density at radius 1 is 0.274 bits per heavy atom. The molecule has 0 unspecified atom stereocenters. The standard InChI is InChI=1S/C60H39NO/c1-3-13-40(14-4-1)43-25-31-48(32-26-43)61(49-33-27-44(28-34-49)41-15-5-2-6-16-41)50-35-29-45(30-36-50)57-51(47-24-23-42-17-7-8-18-46(42)39-47)37-38-56-58-54-21-11-9-19-52(54)53-20-10-12-22-55(53)59(58)62-60(56)57/h1-39H. The third-order valence-electron chi connectivity index (χ3n) is 12.5. The quantitative estimate of drug-likeness (QED) is 0.150. The summed E-state index contributed by atoms with van der Waals surface area (Å²) in [5, 5.41) is 9.45. The third kappa shape index (κ3) is 6.04. The van der Waals surface area contributed by atoms with Crippen molar-refractivity contribution >= 4 is 71.3 Å². The van der Waals surface area contributed by atoms with Crippen LogP contribution in [0.4, 0.5) is 17.1 Å². The lowest BCUT2D eigenvalue weighted by molar-refractivity contribution is 0.674. The Morgan fingerprint density at radius 3 is 1.32 bits per heavy atom. The lowest BCUT2D eigenvalue weighted by Crippen LogP contribution is -2.09. The summed E-state index contributed by atoms with van der Waals surface area (Å²) in [5.74, 6) is 0. The molecule has 0 bridgehead atoms. The molecule has 1 aromatic heterocycles. The lowest BCUT2D eigenvalue weighted by Gasteiger charge is -2.26. The van der Waals surface area contributed by atoms with E-state index in [9.17, 15) is 0 Å². The minimum absolute atomic E-state index is 0.893. The van der Waals surface area contributed by atoms with Gasteiger partial charge in [-0.3, -0.25) is 0 Å². The molecule has 0 atom stereocenters. The summed E-state index contributed by atoms with van der Waals surface area (Å²) in [7, 11) is 0. The fourth-order valence-corrected chi connectivity index (χ4v) is 9.45. The van der Waals surface area contributed by atoms with Crippen molar-refractivity contribution in [1.82, 2.24) is 0 Å². The van der Waals surface area contributed by atoms with Crippen LogP contribution in [0.5, 0.6) is 0 Å². The van der Waals surface area contributed by atoms with E-state index in [0.29, 0.717) is 0 Å². The van der Waals surface area contributed by atoms with Gasteiger partial charge in [0.15, 0.2) is 0 Å². The van der Waals surface area contributed by atoms with Gasteiger partial charge in [-0.1, -0.05) is 188 Å². The van der Waals surface area contributed by atoms with Gasteiger partial charge < -0.3 is 9.32 Å². The maximum atomic E-state index is 7.21. The Kier molecular flexibility index (Phi) is 8.53. The first-order chi connectivity index (χ1) is 30.7. The van der Waals surface area contributed by atoms with Crippen LogP contribution in [0.15, 0.2) is 241 Å². The molecule has 2 nitrogen and oxygen atoms in total. The Morgan fingerprint density at radius 2 is 0.726 bits per heavy atom. The van der Waals surface area contributed by atoms with Crippen LogP contribution in [0, 0.1) is 0 Å². The van der Waals surface area contributed by atoms with Crippen LogP contribution in [0.25, 0.3) is 98.8 Å². The van der Waals surface area contributed by atoms with Gasteiger partial charge in [-0.25, -0.2) is 0 Å². The molecule has 0 saturated heterocycles. The molecule has 0 saturated carbocycles. The van der Waals surface area contributed by atoms with E-state index in [-0.39, 0.29) is 0 Å². The monoisotopic (exact) mass is 789 g/mol. The molecule has 0 radical (unpaired) electrons. The zero-order chi connectivity index (χ0) is 41.0. The number of anilines is 3. The van der Waals surface area contributed by atoms with Crippen LogP contribution in [0.1, 0.15) is 0 Å². The number of hydrogen-bond acceptors (Lipinski definition) is 2. The van der Waals surface area contributed by atoms with E-state index in [1.807, 2.05) is 0 Å². The summed E-state index contributed by atoms with van der Waals surface area (Å²) in [4.78, 5) is 2.34. The van der Waals surface area contributed by atoms with E-state index >= 15 is 0 Å². The maximum Gasteiger partial charge on any atom is 0.143 e. The highest BCUT2D eigenvalue weighted by atomic mass is 16.3. The Balaban J connectivity index is 1.05. The van der Waals surface area contributed by atoms with Crippen molar-refractivity contribution in [3.8, 4) is 44.5 Å². The second-order valence-electron chi connectivity index (χ2n) is 16.0. The summed E-state index contributed by atoms with van der Waals surface area (Å²) in [6.45, 7) is 0. The molecule has 0 aliphatic carbocycles. The predicted molar refractivity (Wildman–Crippen MR) is 263 cm³/mol. The first-order valence-corrected chi connectivity index (χ1v) is 21.2. The molecule has 0 aliphatic rings. The summed E-state index contributed by atoms with van der Waals surface area (Å²) in [6.07, 6.45) is 0. The van der Waals surface area contributed by atoms with E-state index < -0.39 is 0 Å². The van der Waals surface area contributed by atoms with E-state index in [4.69, 9.17) is 4.42 Å². The van der Waals surface area contributed by atoms with Crippen molar-refractivity contribution in [3.63, 3.8) is 0 Å². The fourth-order valence-electron chi connectivity index (χ4n) is 9.45. The molecule has 62 heavy (non-hydrogen) atoms. The van der Waals surface area contributed by atoms with E-state index in [2.05, 4.69) is 241 Å². The smallest absolute Gasteiger partial charge is 0.143 e. The highest BCUT2D eigenvalue weighted by Crippen LogP contribution is 2.47. The first-order valence-electron chi connectivity index (χ1n) is 21.2. The number of furan rings is 1. The van der Waals surface area contributed by atoms with Crippen molar-refractivity contribution in [2.45, 2.75) is 0 Å². The van der Waals surface area contributed by atoms with Gasteiger partial charge in [0.25, 0.3) is 0 Å². The zero-order valence-corrected chi connectivity index (χ0v) is 33.9. The van der Waals surface area contributed by atoms with Crippen molar-refractivity contribution in [1.29, 1.82) is 0 Å². The van der Waals surface area contributed by atoms with Gasteiger partial charge in [-0.2, -0.15) is 0 Å². The largest absolute Gasteiger partial charge is 0.455 e. The van der Waals surface area contributed by atoms with Gasteiger partial charge >= 0.3 is 0 Å². The average molecular weight is 790 g/mol. The Bertz CT molecular complexity index is 3510. The second kappa shape index (κ2) is 14.8. The van der Waals surface area contributed by atoms with Gasteiger partial charge in [0.1, 0.15) is 11.2 Å². The third-order valence-corrected chi connectivity index (χ3v) is 12.5. The highest BCUT2D eigenvalue weighted by molar-refractivity contribution is 6.31. The van der Waals surface area contributed by atoms with E-state index in [1.165, 1.54) is 49.2 Å². The zero-order valence-electron chi connectivity index (χ0n) is 33.9. The number of benzene rings is 11. The van der Waals surface area contributed by atoms with E-state index in [1.54, 1.807) is 0 Å². The molecule has 11 aromatic carbocycles. The number of rotatable bonds is 7. The molecular weight excluding hydrogens is 751 g/mol. The van der Waals surface area contributed by atoms with Crippen molar-refractivity contribution in [2.24, 2.45) is 0 Å². The van der Waals surface area contributed by atoms with Gasteiger partial charge in [-0.05, 0) is 114 Å². The molecular formula is C60H39NO. The minimum Gasteiger partial charge on any atom is -0.455 e. The molecule has 2 heteroatoms. The van der Waals surface area contributed by atoms with Gasteiger partial charge in [-0.15, -0.1) is 0 Å². The molecule has 0 amide bonds. The summed E-state index contributed by atoms with van der Waals surface area (Å²) < 4.78 is 7.21. The van der Waals surface area contributed by atoms with Crippen molar-refractivity contribution in [3.05, 3.63) is 237 Å². The Hall–Kier alpha value is -8.20. The van der Waals surface area contributed by atoms with Crippen molar-refractivity contribution in [2.75, 3.05) is 4.90 Å². The summed E-state index contributed by atoms with van der Waals surface area (Å²) in [5.41, 5.74) is 14.3. The van der Waals surface area contributed by atoms with Crippen molar-refractivity contribution < 1.29 is 4.42 Å². The van der Waals surface area contributed by atoms with Crippen LogP contribution in [-0.2, 0) is 0 Å². The normalized spacial score (nSPS) is 11.5.